The van der Waals surface area contributed by atoms with Gasteiger partial charge in [0.05, 0.1) is 18.8 Å². The third-order valence-corrected chi connectivity index (χ3v) is 3.89. The van der Waals surface area contributed by atoms with E-state index in [2.05, 4.69) is 30.9 Å². The molecule has 0 radical (unpaired) electrons. The molecule has 8 heteroatoms. The zero-order valence-electron chi connectivity index (χ0n) is 12.0. The summed E-state index contributed by atoms with van der Waals surface area (Å²) in [6, 6.07) is 10.3. The van der Waals surface area contributed by atoms with Gasteiger partial charge in [0.1, 0.15) is 12.2 Å². The fourth-order valence-corrected chi connectivity index (χ4v) is 2.73. The first-order valence-corrected chi connectivity index (χ1v) is 7.33. The van der Waals surface area contributed by atoms with E-state index in [-0.39, 0.29) is 0 Å². The summed E-state index contributed by atoms with van der Waals surface area (Å²) in [5.41, 5.74) is 0.964. The lowest BCUT2D eigenvalue weighted by atomic mass is 10.1. The molecule has 3 aromatic rings. The molecule has 1 aliphatic rings. The molecule has 1 aliphatic heterocycles. The number of rotatable bonds is 4. The van der Waals surface area contributed by atoms with Crippen molar-refractivity contribution in [3.63, 3.8) is 0 Å². The monoisotopic (exact) mass is 296 g/mol. The minimum absolute atomic E-state index is 0.357. The number of tetrazole rings is 1. The summed E-state index contributed by atoms with van der Waals surface area (Å²) in [5.74, 6) is 1.86. The molecule has 0 spiro atoms. The highest BCUT2D eigenvalue weighted by Crippen LogP contribution is 2.12. The predicted molar refractivity (Wildman–Crippen MR) is 78.1 cm³/mol. The van der Waals surface area contributed by atoms with Crippen LogP contribution in [-0.4, -0.2) is 41.0 Å². The number of benzene rings is 1. The van der Waals surface area contributed by atoms with Crippen LogP contribution in [0.2, 0.25) is 0 Å². The van der Waals surface area contributed by atoms with E-state index in [0.29, 0.717) is 12.6 Å². The van der Waals surface area contributed by atoms with Crippen LogP contribution in [-0.2, 0) is 19.5 Å². The van der Waals surface area contributed by atoms with Crippen molar-refractivity contribution in [2.45, 2.75) is 32.0 Å². The molecule has 1 atom stereocenters. The Labute approximate surface area is 127 Å². The Bertz CT molecular complexity index is 747. The van der Waals surface area contributed by atoms with E-state index in [9.17, 15) is 0 Å². The summed E-state index contributed by atoms with van der Waals surface area (Å²) >= 11 is 0. The number of fused-ring (bicyclic) bond motifs is 1. The third-order valence-electron chi connectivity index (χ3n) is 3.89. The van der Waals surface area contributed by atoms with Gasteiger partial charge in [0.15, 0.2) is 5.82 Å². The Morgan fingerprint density at radius 2 is 2.14 bits per heavy atom. The molecule has 1 unspecified atom stereocenters. The molecule has 2 aromatic heterocycles. The molecule has 0 bridgehead atoms. The van der Waals surface area contributed by atoms with Gasteiger partial charge in [-0.2, -0.15) is 9.78 Å². The van der Waals surface area contributed by atoms with Crippen molar-refractivity contribution in [3.05, 3.63) is 48.3 Å². The first-order valence-electron chi connectivity index (χ1n) is 7.33. The first-order chi connectivity index (χ1) is 10.9. The molecule has 4 rings (SSSR count). The van der Waals surface area contributed by atoms with Gasteiger partial charge in [0.25, 0.3) is 0 Å². The normalized spacial score (nSPS) is 17.4. The van der Waals surface area contributed by atoms with Gasteiger partial charge in [-0.3, -0.25) is 0 Å². The summed E-state index contributed by atoms with van der Waals surface area (Å²) in [4.78, 5) is 4.24. The van der Waals surface area contributed by atoms with Crippen LogP contribution in [0.3, 0.4) is 0 Å². The van der Waals surface area contributed by atoms with E-state index in [1.165, 1.54) is 0 Å². The summed E-state index contributed by atoms with van der Waals surface area (Å²) in [6.07, 6.45) is 3.61. The molecule has 112 valence electrons. The van der Waals surface area contributed by atoms with Crippen molar-refractivity contribution < 1.29 is 0 Å². The van der Waals surface area contributed by atoms with Crippen molar-refractivity contribution in [2.75, 3.05) is 0 Å². The molecular weight excluding hydrogens is 280 g/mol. The Kier molecular flexibility index (Phi) is 3.36. The van der Waals surface area contributed by atoms with Gasteiger partial charge in [-0.15, -0.1) is 5.10 Å². The van der Waals surface area contributed by atoms with E-state index in [1.807, 2.05) is 35.0 Å². The van der Waals surface area contributed by atoms with Gasteiger partial charge in [0.2, 0.25) is 0 Å². The largest absolute Gasteiger partial charge is 0.305 e. The minimum atomic E-state index is 0.357. The average molecular weight is 296 g/mol. The van der Waals surface area contributed by atoms with E-state index >= 15 is 0 Å². The van der Waals surface area contributed by atoms with Gasteiger partial charge in [-0.1, -0.05) is 18.2 Å². The molecule has 0 saturated carbocycles. The Balaban J connectivity index is 1.44. The molecule has 0 aliphatic carbocycles. The molecule has 1 aromatic carbocycles. The second kappa shape index (κ2) is 5.64. The highest BCUT2D eigenvalue weighted by atomic mass is 15.5. The van der Waals surface area contributed by atoms with E-state index in [1.54, 1.807) is 11.0 Å². The van der Waals surface area contributed by atoms with Crippen LogP contribution >= 0.6 is 0 Å². The number of para-hydroxylation sites is 1. The van der Waals surface area contributed by atoms with Crippen LogP contribution in [0.5, 0.6) is 0 Å². The van der Waals surface area contributed by atoms with Crippen molar-refractivity contribution in [2.24, 2.45) is 0 Å². The topological polar surface area (TPSA) is 86.3 Å². The summed E-state index contributed by atoms with van der Waals surface area (Å²) < 4.78 is 3.72. The second-order valence-electron chi connectivity index (χ2n) is 5.32. The van der Waals surface area contributed by atoms with Crippen LogP contribution in [0.25, 0.3) is 5.69 Å². The fourth-order valence-electron chi connectivity index (χ4n) is 2.73. The van der Waals surface area contributed by atoms with Gasteiger partial charge in [-0.05, 0) is 29.0 Å². The van der Waals surface area contributed by atoms with Crippen LogP contribution in [0.4, 0.5) is 0 Å². The standard InChI is InChI=1S/C14H16N8/c1-2-4-12(5-3-1)22-14(18-19-20-22)8-15-11-6-7-13-16-10-17-21(13)9-11/h1-5,10-11,15H,6-9H2. The Hall–Kier alpha value is -2.61. The van der Waals surface area contributed by atoms with Crippen molar-refractivity contribution >= 4 is 0 Å². The summed E-state index contributed by atoms with van der Waals surface area (Å²) in [5, 5.41) is 19.7. The molecule has 1 N–H and O–H groups in total. The number of nitrogens with one attached hydrogen (secondary N) is 1. The van der Waals surface area contributed by atoms with Crippen LogP contribution in [0.15, 0.2) is 36.7 Å². The molecule has 0 amide bonds. The summed E-state index contributed by atoms with van der Waals surface area (Å²) in [7, 11) is 0. The van der Waals surface area contributed by atoms with Crippen LogP contribution in [0, 0.1) is 0 Å². The van der Waals surface area contributed by atoms with Crippen molar-refractivity contribution in [1.82, 2.24) is 40.3 Å². The van der Waals surface area contributed by atoms with Gasteiger partial charge >= 0.3 is 0 Å². The smallest absolute Gasteiger partial charge is 0.170 e. The highest BCUT2D eigenvalue weighted by molar-refractivity contribution is 5.30. The Morgan fingerprint density at radius 3 is 3.05 bits per heavy atom. The van der Waals surface area contributed by atoms with Crippen molar-refractivity contribution in [3.8, 4) is 5.69 Å². The summed E-state index contributed by atoms with van der Waals surface area (Å²) in [6.45, 7) is 1.46. The van der Waals surface area contributed by atoms with Gasteiger partial charge < -0.3 is 5.32 Å². The minimum Gasteiger partial charge on any atom is -0.305 e. The number of nitrogens with zero attached hydrogens (tertiary/aromatic N) is 7. The molecule has 0 saturated heterocycles. The number of aryl methyl sites for hydroxylation is 1. The zero-order chi connectivity index (χ0) is 14.8. The quantitative estimate of drug-likeness (QED) is 0.748. The van der Waals surface area contributed by atoms with E-state index in [4.69, 9.17) is 0 Å². The number of aromatic nitrogens is 7. The molecule has 22 heavy (non-hydrogen) atoms. The van der Waals surface area contributed by atoms with Gasteiger partial charge in [-0.25, -0.2) is 9.67 Å². The maximum Gasteiger partial charge on any atom is 0.170 e. The van der Waals surface area contributed by atoms with Crippen molar-refractivity contribution in [1.29, 1.82) is 0 Å². The Morgan fingerprint density at radius 1 is 1.23 bits per heavy atom. The third kappa shape index (κ3) is 2.48. The van der Waals surface area contributed by atoms with E-state index in [0.717, 1.165) is 36.7 Å². The maximum absolute atomic E-state index is 4.24. The van der Waals surface area contributed by atoms with Crippen LogP contribution < -0.4 is 5.32 Å². The molecule has 3 heterocycles. The average Bonchev–Trinajstić information content (AvgIpc) is 3.22. The highest BCUT2D eigenvalue weighted by Gasteiger charge is 2.20. The number of hydrogen-bond acceptors (Lipinski definition) is 6. The molecule has 0 fully saturated rings. The lowest BCUT2D eigenvalue weighted by Gasteiger charge is -2.23. The van der Waals surface area contributed by atoms with Gasteiger partial charge in [0, 0.05) is 12.5 Å². The predicted octanol–water partition coefficient (Wildman–Crippen LogP) is 0.358. The fraction of sp³-hybridized carbons (Fsp3) is 0.357. The number of hydrogen-bond donors (Lipinski definition) is 1. The van der Waals surface area contributed by atoms with Crippen LogP contribution in [0.1, 0.15) is 18.1 Å². The molecule has 8 nitrogen and oxygen atoms in total. The lowest BCUT2D eigenvalue weighted by molar-refractivity contribution is 0.354. The maximum atomic E-state index is 4.24. The first kappa shape index (κ1) is 13.1. The molecular formula is C14H16N8. The second-order valence-corrected chi connectivity index (χ2v) is 5.32. The lowest BCUT2D eigenvalue weighted by Crippen LogP contribution is -2.38. The van der Waals surface area contributed by atoms with E-state index < -0.39 is 0 Å². The SMILES string of the molecule is c1ccc(-n2nnnc2CNC2CCc3ncnn3C2)cc1. The zero-order valence-corrected chi connectivity index (χ0v) is 12.0.